The lowest BCUT2D eigenvalue weighted by Crippen LogP contribution is -2.34. The normalized spacial score (nSPS) is 16.0. The maximum absolute atomic E-state index is 12.4. The molecule has 4 nitrogen and oxygen atoms in total. The second-order valence-electron chi connectivity index (χ2n) is 8.04. The molecule has 0 saturated carbocycles. The fraction of sp³-hybridized carbons (Fsp3) is 0.381. The van der Waals surface area contributed by atoms with Gasteiger partial charge in [0.15, 0.2) is 5.11 Å². The van der Waals surface area contributed by atoms with Gasteiger partial charge >= 0.3 is 0 Å². The molecule has 0 fully saturated rings. The number of amides is 1. The highest BCUT2D eigenvalue weighted by atomic mass is 127. The molecule has 146 valence electrons. The quantitative estimate of drug-likeness (QED) is 0.403. The number of nitrogens with one attached hydrogen (secondary N) is 2. The number of rotatable bonds is 2. The van der Waals surface area contributed by atoms with Gasteiger partial charge in [-0.25, -0.2) is 0 Å². The van der Waals surface area contributed by atoms with Crippen molar-refractivity contribution in [3.63, 3.8) is 0 Å². The smallest absolute Gasteiger partial charge is 0.257 e. The summed E-state index contributed by atoms with van der Waals surface area (Å²) >= 11 is 9.08. The molecule has 2 N–H and O–H groups in total. The van der Waals surface area contributed by atoms with Crippen molar-refractivity contribution in [3.8, 4) is 6.07 Å². The number of benzene rings is 1. The molecule has 0 radical (unpaired) electrons. The van der Waals surface area contributed by atoms with E-state index in [9.17, 15) is 10.1 Å². The van der Waals surface area contributed by atoms with Crippen LogP contribution in [-0.4, -0.2) is 11.0 Å². The maximum atomic E-state index is 12.4. The zero-order valence-electron chi connectivity index (χ0n) is 16.1. The van der Waals surface area contributed by atoms with Crippen LogP contribution >= 0.6 is 46.1 Å². The van der Waals surface area contributed by atoms with E-state index in [0.29, 0.717) is 17.0 Å². The van der Waals surface area contributed by atoms with E-state index < -0.39 is 0 Å². The summed E-state index contributed by atoms with van der Waals surface area (Å²) in [4.78, 5) is 13.7. The minimum Gasteiger partial charge on any atom is -0.323 e. The van der Waals surface area contributed by atoms with Crippen LogP contribution in [0.5, 0.6) is 0 Å². The van der Waals surface area contributed by atoms with Crippen molar-refractivity contribution in [2.45, 2.75) is 40.0 Å². The summed E-state index contributed by atoms with van der Waals surface area (Å²) in [6, 6.07) is 9.64. The van der Waals surface area contributed by atoms with Gasteiger partial charge in [-0.05, 0) is 89.2 Å². The lowest BCUT2D eigenvalue weighted by molar-refractivity contribution is 0.0977. The second kappa shape index (κ2) is 8.47. The predicted molar refractivity (Wildman–Crippen MR) is 127 cm³/mol. The molecule has 0 saturated heterocycles. The van der Waals surface area contributed by atoms with Gasteiger partial charge in [-0.2, -0.15) is 5.26 Å². The molecule has 1 aliphatic carbocycles. The minimum absolute atomic E-state index is 0.214. The number of halogens is 1. The molecule has 3 rings (SSSR count). The Bertz CT molecular complexity index is 969. The first kappa shape index (κ1) is 21.2. The summed E-state index contributed by atoms with van der Waals surface area (Å²) in [5.41, 5.74) is 2.61. The first-order valence-corrected chi connectivity index (χ1v) is 11.4. The molecule has 28 heavy (non-hydrogen) atoms. The summed E-state index contributed by atoms with van der Waals surface area (Å²) in [6.45, 7) is 6.82. The molecule has 1 aromatic heterocycles. The van der Waals surface area contributed by atoms with Gasteiger partial charge in [-0.3, -0.25) is 10.1 Å². The van der Waals surface area contributed by atoms with Crippen LogP contribution in [0.3, 0.4) is 0 Å². The Kier molecular flexibility index (Phi) is 6.42. The van der Waals surface area contributed by atoms with Crippen molar-refractivity contribution in [1.82, 2.24) is 5.32 Å². The molecule has 1 aliphatic rings. The third-order valence-corrected chi connectivity index (χ3v) is 7.19. The average Bonchev–Trinajstić information content (AvgIpc) is 2.96. The van der Waals surface area contributed by atoms with Crippen molar-refractivity contribution >= 4 is 62.2 Å². The number of nitrogens with zero attached hydrogens (tertiary/aromatic N) is 1. The molecule has 1 heterocycles. The van der Waals surface area contributed by atoms with E-state index in [0.717, 1.165) is 33.4 Å². The molecule has 7 heteroatoms. The molecular weight excluding hydrogens is 501 g/mol. The number of carbonyl (C=O) groups is 1. The minimum atomic E-state index is -0.261. The third kappa shape index (κ3) is 4.73. The first-order valence-electron chi connectivity index (χ1n) is 9.11. The van der Waals surface area contributed by atoms with Crippen LogP contribution in [0.1, 0.15) is 53.6 Å². The van der Waals surface area contributed by atoms with E-state index in [4.69, 9.17) is 12.2 Å². The number of anilines is 1. The molecule has 1 unspecified atom stereocenters. The van der Waals surface area contributed by atoms with Gasteiger partial charge in [-0.1, -0.05) is 26.8 Å². The zero-order chi connectivity index (χ0) is 20.5. The number of hydrogen-bond donors (Lipinski definition) is 2. The Hall–Kier alpha value is -1.50. The summed E-state index contributed by atoms with van der Waals surface area (Å²) in [6.07, 6.45) is 3.00. The lowest BCUT2D eigenvalue weighted by atomic mass is 9.72. The Morgan fingerprint density at radius 2 is 2.14 bits per heavy atom. The molecule has 1 aromatic carbocycles. The first-order chi connectivity index (χ1) is 13.2. The van der Waals surface area contributed by atoms with E-state index in [1.165, 1.54) is 4.88 Å². The van der Waals surface area contributed by atoms with E-state index >= 15 is 0 Å². The third-order valence-electron chi connectivity index (χ3n) is 5.14. The molecule has 1 amide bonds. The maximum Gasteiger partial charge on any atom is 0.257 e. The van der Waals surface area contributed by atoms with Crippen LogP contribution in [0.2, 0.25) is 0 Å². The van der Waals surface area contributed by atoms with Gasteiger partial charge in [0.1, 0.15) is 11.1 Å². The van der Waals surface area contributed by atoms with Gasteiger partial charge in [-0.15, -0.1) is 11.3 Å². The van der Waals surface area contributed by atoms with Crippen molar-refractivity contribution in [3.05, 3.63) is 49.4 Å². The summed E-state index contributed by atoms with van der Waals surface area (Å²) in [5.74, 6) is 0.342. The van der Waals surface area contributed by atoms with Crippen LogP contribution in [0.25, 0.3) is 0 Å². The number of thiophene rings is 1. The van der Waals surface area contributed by atoms with Gasteiger partial charge in [0, 0.05) is 14.0 Å². The van der Waals surface area contributed by atoms with E-state index in [1.807, 2.05) is 12.1 Å². The lowest BCUT2D eigenvalue weighted by Gasteiger charge is -2.33. The van der Waals surface area contributed by atoms with E-state index in [1.54, 1.807) is 23.5 Å². The zero-order valence-corrected chi connectivity index (χ0v) is 19.8. The van der Waals surface area contributed by atoms with E-state index in [-0.39, 0.29) is 16.4 Å². The van der Waals surface area contributed by atoms with Crippen molar-refractivity contribution < 1.29 is 4.79 Å². The number of nitriles is 1. The Morgan fingerprint density at radius 1 is 1.39 bits per heavy atom. The van der Waals surface area contributed by atoms with Gasteiger partial charge in [0.25, 0.3) is 5.91 Å². The molecule has 2 aromatic rings. The summed E-state index contributed by atoms with van der Waals surface area (Å²) in [5, 5.41) is 16.4. The van der Waals surface area contributed by atoms with E-state index in [2.05, 4.69) is 60.1 Å². The molecule has 0 bridgehead atoms. The number of fused-ring (bicyclic) bond motifs is 1. The van der Waals surface area contributed by atoms with Crippen molar-refractivity contribution in [2.75, 3.05) is 5.32 Å². The highest BCUT2D eigenvalue weighted by Crippen LogP contribution is 2.43. The Labute approximate surface area is 188 Å². The summed E-state index contributed by atoms with van der Waals surface area (Å²) in [7, 11) is 0. The highest BCUT2D eigenvalue weighted by Gasteiger charge is 2.32. The topological polar surface area (TPSA) is 64.9 Å². The Morgan fingerprint density at radius 3 is 2.79 bits per heavy atom. The molecule has 1 atom stereocenters. The molecule has 0 aliphatic heterocycles. The van der Waals surface area contributed by atoms with Gasteiger partial charge < -0.3 is 5.32 Å². The fourth-order valence-electron chi connectivity index (χ4n) is 3.47. The molecular formula is C21H22IN3OS2. The fourth-order valence-corrected chi connectivity index (χ4v) is 5.56. The largest absolute Gasteiger partial charge is 0.323 e. The number of thiocarbonyl (C=S) groups is 1. The standard InChI is InChI=1S/C21H22IN3OS2/c1-21(2,3)13-7-8-15-16(11-23)19(28-17(15)10-13)25-20(27)24-18(26)12-5-4-6-14(22)9-12/h4-6,9,13H,7-8,10H2,1-3H3,(H2,24,25,26,27). The second-order valence-corrected chi connectivity index (χ2v) is 10.8. The highest BCUT2D eigenvalue weighted by molar-refractivity contribution is 14.1. The van der Waals surface area contributed by atoms with Crippen LogP contribution < -0.4 is 10.6 Å². The van der Waals surface area contributed by atoms with Gasteiger partial charge in [0.05, 0.1) is 5.56 Å². The average molecular weight is 523 g/mol. The molecule has 0 spiro atoms. The summed E-state index contributed by atoms with van der Waals surface area (Å²) < 4.78 is 0.982. The Balaban J connectivity index is 1.74. The van der Waals surface area contributed by atoms with Crippen LogP contribution in [-0.2, 0) is 12.8 Å². The number of hydrogen-bond acceptors (Lipinski definition) is 4. The SMILES string of the molecule is CC(C)(C)C1CCc2c(sc(NC(=S)NC(=O)c3cccc(I)c3)c2C#N)C1. The number of carbonyl (C=O) groups excluding carboxylic acids is 1. The van der Waals surface area contributed by atoms with Gasteiger partial charge in [0.2, 0.25) is 0 Å². The predicted octanol–water partition coefficient (Wildman–Crippen LogP) is 5.50. The van der Waals surface area contributed by atoms with Crippen LogP contribution in [0, 0.1) is 26.2 Å². The van der Waals surface area contributed by atoms with Crippen LogP contribution in [0.15, 0.2) is 24.3 Å². The van der Waals surface area contributed by atoms with Crippen molar-refractivity contribution in [1.29, 1.82) is 5.26 Å². The monoisotopic (exact) mass is 523 g/mol. The van der Waals surface area contributed by atoms with Crippen molar-refractivity contribution in [2.24, 2.45) is 11.3 Å². The van der Waals surface area contributed by atoms with Crippen LogP contribution in [0.4, 0.5) is 5.00 Å².